The van der Waals surface area contributed by atoms with Crippen molar-refractivity contribution in [1.82, 2.24) is 5.32 Å². The summed E-state index contributed by atoms with van der Waals surface area (Å²) in [6.07, 6.45) is 0.115. The molecule has 2 unspecified atom stereocenters. The lowest BCUT2D eigenvalue weighted by Crippen LogP contribution is -2.46. The summed E-state index contributed by atoms with van der Waals surface area (Å²) in [5, 5.41) is 3.26. The number of hydrogen-bond donors (Lipinski definition) is 1. The summed E-state index contributed by atoms with van der Waals surface area (Å²) in [7, 11) is 0. The molecule has 15 heavy (non-hydrogen) atoms. The van der Waals surface area contributed by atoms with Crippen LogP contribution >= 0.6 is 0 Å². The normalized spacial score (nSPS) is 34.3. The number of rotatable bonds is 1. The highest BCUT2D eigenvalue weighted by atomic mass is 19.1. The molecule has 2 atom stereocenters. The van der Waals surface area contributed by atoms with Gasteiger partial charge < -0.3 is 14.8 Å². The Balaban J connectivity index is 1.95. The van der Waals surface area contributed by atoms with Crippen LogP contribution in [0.4, 0.5) is 4.39 Å². The van der Waals surface area contributed by atoms with E-state index >= 15 is 0 Å². The van der Waals surface area contributed by atoms with E-state index in [-0.39, 0.29) is 11.9 Å². The molecule has 0 aromatic heterocycles. The molecule has 2 saturated heterocycles. The number of halogens is 1. The van der Waals surface area contributed by atoms with Gasteiger partial charge in [-0.05, 0) is 12.1 Å². The van der Waals surface area contributed by atoms with Gasteiger partial charge in [0.05, 0.1) is 19.3 Å². The van der Waals surface area contributed by atoms with E-state index in [2.05, 4.69) is 5.32 Å². The fourth-order valence-corrected chi connectivity index (χ4v) is 2.11. The third kappa shape index (κ3) is 1.45. The lowest BCUT2D eigenvalue weighted by Gasteiger charge is -2.32. The lowest BCUT2D eigenvalue weighted by molar-refractivity contribution is -0.186. The van der Waals surface area contributed by atoms with Crippen molar-refractivity contribution >= 4 is 0 Å². The molecule has 1 N–H and O–H groups in total. The summed E-state index contributed by atoms with van der Waals surface area (Å²) in [6, 6.07) is 6.28. The Labute approximate surface area is 87.2 Å². The first-order valence-corrected chi connectivity index (χ1v) is 5.07. The predicted molar refractivity (Wildman–Crippen MR) is 51.8 cm³/mol. The Kier molecular flexibility index (Phi) is 2.02. The molecule has 0 amide bonds. The third-order valence-corrected chi connectivity index (χ3v) is 2.87. The van der Waals surface area contributed by atoms with Crippen LogP contribution < -0.4 is 5.32 Å². The van der Waals surface area contributed by atoms with E-state index in [9.17, 15) is 4.39 Å². The number of fused-ring (bicyclic) bond motifs is 2. The Morgan fingerprint density at radius 3 is 2.93 bits per heavy atom. The number of ether oxygens (including phenoxy) is 2. The van der Waals surface area contributed by atoms with Gasteiger partial charge in [-0.2, -0.15) is 0 Å². The van der Waals surface area contributed by atoms with Crippen molar-refractivity contribution in [3.8, 4) is 0 Å². The molecule has 80 valence electrons. The molecule has 2 fully saturated rings. The van der Waals surface area contributed by atoms with Crippen molar-refractivity contribution in [2.45, 2.75) is 11.9 Å². The van der Waals surface area contributed by atoms with Crippen molar-refractivity contribution in [1.29, 1.82) is 0 Å². The maximum atomic E-state index is 12.8. The minimum atomic E-state index is -0.698. The first-order valence-electron chi connectivity index (χ1n) is 5.07. The zero-order chi connectivity index (χ0) is 10.3. The Bertz CT molecular complexity index is 363. The molecule has 3 rings (SSSR count). The second kappa shape index (κ2) is 3.27. The van der Waals surface area contributed by atoms with Crippen LogP contribution in [0.5, 0.6) is 0 Å². The minimum absolute atomic E-state index is 0.115. The summed E-state index contributed by atoms with van der Waals surface area (Å²) in [5.41, 5.74) is 0.874. The fourth-order valence-electron chi connectivity index (χ4n) is 2.11. The van der Waals surface area contributed by atoms with Crippen LogP contribution in [-0.2, 0) is 15.3 Å². The summed E-state index contributed by atoms with van der Waals surface area (Å²) in [4.78, 5) is 0. The molecule has 2 aliphatic heterocycles. The maximum absolute atomic E-state index is 12.8. The van der Waals surface area contributed by atoms with Gasteiger partial charge in [-0.15, -0.1) is 0 Å². The van der Waals surface area contributed by atoms with Crippen molar-refractivity contribution < 1.29 is 13.9 Å². The molecule has 0 spiro atoms. The van der Waals surface area contributed by atoms with Gasteiger partial charge in [0.2, 0.25) is 5.79 Å². The van der Waals surface area contributed by atoms with Gasteiger partial charge in [0.1, 0.15) is 5.82 Å². The zero-order valence-corrected chi connectivity index (χ0v) is 8.20. The number of hydrogen-bond acceptors (Lipinski definition) is 3. The SMILES string of the molecule is Fc1ccc(C23CNCC(CO2)O3)cc1. The zero-order valence-electron chi connectivity index (χ0n) is 8.20. The monoisotopic (exact) mass is 209 g/mol. The van der Waals surface area contributed by atoms with E-state index < -0.39 is 5.79 Å². The average Bonchev–Trinajstić information content (AvgIpc) is 2.56. The average molecular weight is 209 g/mol. The molecule has 4 heteroatoms. The topological polar surface area (TPSA) is 30.5 Å². The highest BCUT2D eigenvalue weighted by molar-refractivity contribution is 5.23. The standard InChI is InChI=1S/C11H12FNO2/c12-9-3-1-8(2-4-9)11-7-13-5-10(15-11)6-14-11/h1-4,10,13H,5-7H2. The van der Waals surface area contributed by atoms with Gasteiger partial charge >= 0.3 is 0 Å². The molecule has 0 saturated carbocycles. The van der Waals surface area contributed by atoms with Crippen molar-refractivity contribution in [3.05, 3.63) is 35.6 Å². The molecule has 2 heterocycles. The Hall–Kier alpha value is -0.970. The summed E-state index contributed by atoms with van der Waals surface area (Å²) >= 11 is 0. The molecule has 2 bridgehead atoms. The molecule has 2 aliphatic rings. The van der Waals surface area contributed by atoms with E-state index in [0.717, 1.165) is 12.1 Å². The number of nitrogens with one attached hydrogen (secondary N) is 1. The van der Waals surface area contributed by atoms with E-state index in [4.69, 9.17) is 9.47 Å². The van der Waals surface area contributed by atoms with Gasteiger partial charge in [0.25, 0.3) is 0 Å². The van der Waals surface area contributed by atoms with Gasteiger partial charge in [-0.3, -0.25) is 0 Å². The molecule has 0 radical (unpaired) electrons. The van der Waals surface area contributed by atoms with Crippen LogP contribution in [0.3, 0.4) is 0 Å². The molecular weight excluding hydrogens is 197 g/mol. The quantitative estimate of drug-likeness (QED) is 0.748. The smallest absolute Gasteiger partial charge is 0.208 e. The predicted octanol–water partition coefficient (Wildman–Crippen LogP) is 0.997. The van der Waals surface area contributed by atoms with Crippen LogP contribution in [0.1, 0.15) is 5.56 Å². The molecule has 3 nitrogen and oxygen atoms in total. The van der Waals surface area contributed by atoms with Gasteiger partial charge in [0.15, 0.2) is 0 Å². The number of morpholine rings is 1. The van der Waals surface area contributed by atoms with Crippen LogP contribution in [0.15, 0.2) is 24.3 Å². The van der Waals surface area contributed by atoms with Crippen molar-refractivity contribution in [2.24, 2.45) is 0 Å². The van der Waals surface area contributed by atoms with Gasteiger partial charge in [0, 0.05) is 12.1 Å². The van der Waals surface area contributed by atoms with E-state index in [1.165, 1.54) is 12.1 Å². The van der Waals surface area contributed by atoms with Gasteiger partial charge in [-0.1, -0.05) is 12.1 Å². The lowest BCUT2D eigenvalue weighted by atomic mass is 10.0. The van der Waals surface area contributed by atoms with E-state index in [0.29, 0.717) is 13.2 Å². The highest BCUT2D eigenvalue weighted by Gasteiger charge is 2.45. The minimum Gasteiger partial charge on any atom is -0.342 e. The molecule has 1 aromatic carbocycles. The summed E-state index contributed by atoms with van der Waals surface area (Å²) < 4.78 is 24.3. The van der Waals surface area contributed by atoms with Crippen molar-refractivity contribution in [3.63, 3.8) is 0 Å². The molecular formula is C11H12FNO2. The van der Waals surface area contributed by atoms with E-state index in [1.54, 1.807) is 12.1 Å². The van der Waals surface area contributed by atoms with Gasteiger partial charge in [-0.25, -0.2) is 4.39 Å². The van der Waals surface area contributed by atoms with Crippen LogP contribution in [0.25, 0.3) is 0 Å². The summed E-state index contributed by atoms with van der Waals surface area (Å²) in [5.74, 6) is -0.940. The van der Waals surface area contributed by atoms with Crippen LogP contribution in [0.2, 0.25) is 0 Å². The first-order chi connectivity index (χ1) is 7.28. The Morgan fingerprint density at radius 2 is 2.13 bits per heavy atom. The second-order valence-electron chi connectivity index (χ2n) is 3.94. The van der Waals surface area contributed by atoms with Crippen LogP contribution in [0, 0.1) is 5.82 Å². The Morgan fingerprint density at radius 1 is 1.33 bits per heavy atom. The second-order valence-corrected chi connectivity index (χ2v) is 3.94. The fraction of sp³-hybridized carbons (Fsp3) is 0.455. The van der Waals surface area contributed by atoms with E-state index in [1.807, 2.05) is 0 Å². The maximum Gasteiger partial charge on any atom is 0.208 e. The molecule has 0 aliphatic carbocycles. The summed E-state index contributed by atoms with van der Waals surface area (Å²) in [6.45, 7) is 2.04. The largest absolute Gasteiger partial charge is 0.342 e. The third-order valence-electron chi connectivity index (χ3n) is 2.87. The van der Waals surface area contributed by atoms with Crippen molar-refractivity contribution in [2.75, 3.05) is 19.7 Å². The number of benzene rings is 1. The van der Waals surface area contributed by atoms with Crippen LogP contribution in [-0.4, -0.2) is 25.8 Å². The molecule has 1 aromatic rings. The highest BCUT2D eigenvalue weighted by Crippen LogP contribution is 2.35. The first kappa shape index (κ1) is 9.27.